The highest BCUT2D eigenvalue weighted by molar-refractivity contribution is 7.99. The minimum atomic E-state index is -0.481. The zero-order chi connectivity index (χ0) is 24.5. The molecule has 4 heterocycles. The monoisotopic (exact) mass is 497 g/mol. The third-order valence-corrected chi connectivity index (χ3v) is 6.89. The van der Waals surface area contributed by atoms with Crippen LogP contribution in [0.25, 0.3) is 16.9 Å². The number of para-hydroxylation sites is 1. The lowest BCUT2D eigenvalue weighted by molar-refractivity contribution is -0.00588. The average molecular weight is 498 g/mol. The number of ether oxygens (including phenoxy) is 1. The molecule has 3 aromatic heterocycles. The van der Waals surface area contributed by atoms with Gasteiger partial charge in [0.2, 0.25) is 11.1 Å². The van der Waals surface area contributed by atoms with Crippen molar-refractivity contribution in [3.63, 3.8) is 0 Å². The molecule has 0 aliphatic carbocycles. The van der Waals surface area contributed by atoms with Crippen LogP contribution in [0.5, 0.6) is 0 Å². The molecule has 35 heavy (non-hydrogen) atoms. The number of hydrogen-bond acceptors (Lipinski definition) is 9. The third-order valence-electron chi connectivity index (χ3n) is 5.89. The van der Waals surface area contributed by atoms with Gasteiger partial charge in [-0.2, -0.15) is 9.67 Å². The first-order chi connectivity index (χ1) is 16.9. The summed E-state index contributed by atoms with van der Waals surface area (Å²) in [6, 6.07) is 9.72. The van der Waals surface area contributed by atoms with E-state index < -0.39 is 11.2 Å². The maximum absolute atomic E-state index is 12.8. The molecule has 2 atom stereocenters. The summed E-state index contributed by atoms with van der Waals surface area (Å²) >= 11 is 1.55. The second kappa shape index (κ2) is 9.66. The van der Waals surface area contributed by atoms with Crippen molar-refractivity contribution in [3.05, 3.63) is 51.2 Å². The van der Waals surface area contributed by atoms with E-state index in [1.165, 1.54) is 4.57 Å². The molecule has 12 nitrogen and oxygen atoms in total. The fourth-order valence-corrected chi connectivity index (χ4v) is 5.22. The van der Waals surface area contributed by atoms with Gasteiger partial charge in [-0.25, -0.2) is 4.79 Å². The molecule has 0 saturated carbocycles. The Labute approximate surface area is 204 Å². The maximum atomic E-state index is 12.8. The van der Waals surface area contributed by atoms with Crippen molar-refractivity contribution in [2.24, 2.45) is 7.05 Å². The summed E-state index contributed by atoms with van der Waals surface area (Å²) in [6.07, 6.45) is 0.797. The van der Waals surface area contributed by atoms with Gasteiger partial charge in [-0.1, -0.05) is 30.0 Å². The van der Waals surface area contributed by atoms with Crippen LogP contribution in [0.15, 0.2) is 45.1 Å². The Bertz CT molecular complexity index is 1430. The minimum absolute atomic E-state index is 0.0292. The summed E-state index contributed by atoms with van der Waals surface area (Å²) in [6.45, 7) is 5.89. The fourth-order valence-electron chi connectivity index (χ4n) is 4.40. The van der Waals surface area contributed by atoms with E-state index in [-0.39, 0.29) is 12.2 Å². The summed E-state index contributed by atoms with van der Waals surface area (Å²) in [5.74, 6) is 1.40. The standard InChI is InChI=1S/C22H27N9O3S/c1-14-12-29(13-15(2)34-14)20-23-18-17(19(32)24-21(33)28(18)3)30(20)10-7-11-35-22-25-26-27-31(22)16-8-5-4-6-9-16/h4-6,8-9,14-15H,7,10-13H2,1-3H3,(H,24,32,33)/t14-,15-/m1/s1. The lowest BCUT2D eigenvalue weighted by atomic mass is 10.2. The van der Waals surface area contributed by atoms with Gasteiger partial charge < -0.3 is 14.2 Å². The number of fused-ring (bicyclic) bond motifs is 1. The Morgan fingerprint density at radius 3 is 2.63 bits per heavy atom. The molecular formula is C22H27N9O3S. The van der Waals surface area contributed by atoms with E-state index in [0.717, 1.165) is 17.9 Å². The van der Waals surface area contributed by atoms with Gasteiger partial charge in [-0.05, 0) is 42.8 Å². The van der Waals surface area contributed by atoms with Gasteiger partial charge in [-0.15, -0.1) is 5.10 Å². The van der Waals surface area contributed by atoms with Gasteiger partial charge in [-0.3, -0.25) is 14.3 Å². The van der Waals surface area contributed by atoms with Crippen LogP contribution in [0.1, 0.15) is 20.3 Å². The molecule has 1 aromatic carbocycles. The lowest BCUT2D eigenvalue weighted by Crippen LogP contribution is -2.46. The van der Waals surface area contributed by atoms with E-state index in [1.54, 1.807) is 23.5 Å². The van der Waals surface area contributed by atoms with Gasteiger partial charge in [0.05, 0.1) is 17.9 Å². The molecule has 1 saturated heterocycles. The van der Waals surface area contributed by atoms with Crippen molar-refractivity contribution in [2.45, 2.75) is 44.2 Å². The molecule has 13 heteroatoms. The van der Waals surface area contributed by atoms with E-state index in [1.807, 2.05) is 48.7 Å². The smallest absolute Gasteiger partial charge is 0.329 e. The first-order valence-corrected chi connectivity index (χ1v) is 12.5. The number of anilines is 1. The summed E-state index contributed by atoms with van der Waals surface area (Å²) < 4.78 is 10.9. The molecule has 184 valence electrons. The highest BCUT2D eigenvalue weighted by Crippen LogP contribution is 2.25. The van der Waals surface area contributed by atoms with Crippen LogP contribution in [0, 0.1) is 0 Å². The Morgan fingerprint density at radius 2 is 1.89 bits per heavy atom. The summed E-state index contributed by atoms with van der Waals surface area (Å²) in [5, 5.41) is 12.8. The first kappa shape index (κ1) is 23.3. The van der Waals surface area contributed by atoms with Crippen LogP contribution in [0.3, 0.4) is 0 Å². The van der Waals surface area contributed by atoms with Gasteiger partial charge in [0.25, 0.3) is 5.56 Å². The number of aryl methyl sites for hydroxylation is 2. The molecule has 0 bridgehead atoms. The van der Waals surface area contributed by atoms with Crippen LogP contribution >= 0.6 is 11.8 Å². The molecule has 0 spiro atoms. The number of tetrazole rings is 1. The summed E-state index contributed by atoms with van der Waals surface area (Å²) in [5.41, 5.74) is 0.753. The Hall–Kier alpha value is -3.45. The van der Waals surface area contributed by atoms with Gasteiger partial charge in [0.1, 0.15) is 0 Å². The third kappa shape index (κ3) is 4.60. The zero-order valence-electron chi connectivity index (χ0n) is 19.8. The normalized spacial score (nSPS) is 18.4. The molecule has 5 rings (SSSR count). The van der Waals surface area contributed by atoms with Crippen LogP contribution < -0.4 is 16.1 Å². The van der Waals surface area contributed by atoms with Crippen LogP contribution in [-0.4, -0.2) is 70.4 Å². The lowest BCUT2D eigenvalue weighted by Gasteiger charge is -2.36. The van der Waals surface area contributed by atoms with Gasteiger partial charge in [0, 0.05) is 32.4 Å². The molecular weight excluding hydrogens is 470 g/mol. The number of thioether (sulfide) groups is 1. The topological polar surface area (TPSA) is 129 Å². The van der Waals surface area contributed by atoms with E-state index in [2.05, 4.69) is 25.4 Å². The molecule has 1 aliphatic rings. The van der Waals surface area contributed by atoms with E-state index in [9.17, 15) is 9.59 Å². The second-order valence-electron chi connectivity index (χ2n) is 8.63. The molecule has 0 radical (unpaired) electrons. The predicted molar refractivity (Wildman–Crippen MR) is 132 cm³/mol. The number of benzene rings is 1. The number of nitrogens with one attached hydrogen (secondary N) is 1. The van der Waals surface area contributed by atoms with Crippen molar-refractivity contribution < 1.29 is 4.74 Å². The number of H-pyrrole nitrogens is 1. The van der Waals surface area contributed by atoms with Crippen molar-refractivity contribution in [3.8, 4) is 5.69 Å². The Morgan fingerprint density at radius 1 is 1.14 bits per heavy atom. The van der Waals surface area contributed by atoms with E-state index in [4.69, 9.17) is 9.72 Å². The van der Waals surface area contributed by atoms with Crippen LogP contribution in [-0.2, 0) is 18.3 Å². The zero-order valence-corrected chi connectivity index (χ0v) is 20.6. The SMILES string of the molecule is C[C@@H]1CN(c2nc3c(c(=O)[nH]c(=O)n3C)n2CCCSc2nnnn2-c2ccccc2)C[C@@H](C)O1. The number of rotatable bonds is 7. The van der Waals surface area contributed by atoms with Gasteiger partial charge >= 0.3 is 5.69 Å². The van der Waals surface area contributed by atoms with Crippen molar-refractivity contribution in [1.29, 1.82) is 0 Å². The Kier molecular flexibility index (Phi) is 6.43. The van der Waals surface area contributed by atoms with Gasteiger partial charge in [0.15, 0.2) is 11.2 Å². The van der Waals surface area contributed by atoms with E-state index >= 15 is 0 Å². The van der Waals surface area contributed by atoms with Crippen molar-refractivity contribution >= 4 is 28.9 Å². The second-order valence-corrected chi connectivity index (χ2v) is 9.69. The van der Waals surface area contributed by atoms with Crippen molar-refractivity contribution in [1.82, 2.24) is 39.3 Å². The molecule has 4 aromatic rings. The summed E-state index contributed by atoms with van der Waals surface area (Å²) in [4.78, 5) is 34.3. The number of aromatic amines is 1. The molecule has 0 amide bonds. The summed E-state index contributed by atoms with van der Waals surface area (Å²) in [7, 11) is 1.62. The number of aromatic nitrogens is 8. The van der Waals surface area contributed by atoms with Crippen LogP contribution in [0.2, 0.25) is 0 Å². The number of hydrogen-bond donors (Lipinski definition) is 1. The highest BCUT2D eigenvalue weighted by Gasteiger charge is 2.28. The average Bonchev–Trinajstić information content (AvgIpc) is 3.45. The molecule has 1 aliphatic heterocycles. The molecule has 1 fully saturated rings. The number of nitrogens with zero attached hydrogens (tertiary/aromatic N) is 8. The highest BCUT2D eigenvalue weighted by atomic mass is 32.2. The predicted octanol–water partition coefficient (Wildman–Crippen LogP) is 1.20. The minimum Gasteiger partial charge on any atom is -0.372 e. The maximum Gasteiger partial charge on any atom is 0.329 e. The first-order valence-electron chi connectivity index (χ1n) is 11.5. The molecule has 1 N–H and O–H groups in total. The largest absolute Gasteiger partial charge is 0.372 e. The van der Waals surface area contributed by atoms with E-state index in [0.29, 0.717) is 41.9 Å². The fraction of sp³-hybridized carbons (Fsp3) is 0.455. The Balaban J connectivity index is 1.40. The van der Waals surface area contributed by atoms with Crippen LogP contribution in [0.4, 0.5) is 5.95 Å². The van der Waals surface area contributed by atoms with Crippen molar-refractivity contribution in [2.75, 3.05) is 23.7 Å². The number of morpholine rings is 1. The number of imidazole rings is 1. The molecule has 0 unspecified atom stereocenters. The quantitative estimate of drug-likeness (QED) is 0.296.